The first-order valence-corrected chi connectivity index (χ1v) is 7.87. The normalized spacial score (nSPS) is 12.0. The van der Waals surface area contributed by atoms with Crippen LogP contribution in [0.1, 0.15) is 39.2 Å². The van der Waals surface area contributed by atoms with Gasteiger partial charge in [0.1, 0.15) is 0 Å². The predicted molar refractivity (Wildman–Crippen MR) is 87.5 cm³/mol. The summed E-state index contributed by atoms with van der Waals surface area (Å²) in [5, 5.41) is 15.0. The molecule has 1 atom stereocenters. The lowest BCUT2D eigenvalue weighted by Crippen LogP contribution is -2.41. The summed E-state index contributed by atoms with van der Waals surface area (Å²) < 4.78 is 0. The molecule has 0 bridgehead atoms. The zero-order valence-electron chi connectivity index (χ0n) is 13.6. The van der Waals surface area contributed by atoms with E-state index in [1.165, 1.54) is 0 Å². The average Bonchev–Trinajstić information content (AvgIpc) is 2.53. The minimum Gasteiger partial charge on any atom is -0.391 e. The second-order valence-electron chi connectivity index (χ2n) is 5.36. The molecule has 5 heteroatoms. The first-order chi connectivity index (χ1) is 10.5. The Labute approximate surface area is 132 Å². The highest BCUT2D eigenvalue weighted by molar-refractivity contribution is 6.39. The summed E-state index contributed by atoms with van der Waals surface area (Å²) in [4.78, 5) is 23.6. The molecule has 2 amide bonds. The fourth-order valence-electron chi connectivity index (χ4n) is 2.33. The standard InChI is InChI=1S/C17H26N2O3/c1-4-12-8-7-9-14(10-12)19-17(22)16(21)18-11-15(20)13(5-2)6-3/h7-10,13,15,20H,4-6,11H2,1-3H3,(H,18,21)(H,19,22). The first kappa shape index (κ1) is 18.2. The Bertz CT molecular complexity index is 498. The van der Waals surface area contributed by atoms with Gasteiger partial charge in [-0.3, -0.25) is 9.59 Å². The van der Waals surface area contributed by atoms with Crippen molar-refractivity contribution in [2.45, 2.75) is 46.1 Å². The van der Waals surface area contributed by atoms with E-state index < -0.39 is 17.9 Å². The van der Waals surface area contributed by atoms with Crippen molar-refractivity contribution < 1.29 is 14.7 Å². The molecule has 0 aliphatic heterocycles. The molecule has 1 aromatic carbocycles. The highest BCUT2D eigenvalue weighted by atomic mass is 16.3. The molecule has 22 heavy (non-hydrogen) atoms. The molecule has 0 saturated carbocycles. The van der Waals surface area contributed by atoms with Crippen molar-refractivity contribution in [1.82, 2.24) is 5.32 Å². The quantitative estimate of drug-likeness (QED) is 0.675. The van der Waals surface area contributed by atoms with Gasteiger partial charge in [0, 0.05) is 12.2 Å². The molecule has 0 fully saturated rings. The molecule has 0 spiro atoms. The van der Waals surface area contributed by atoms with Crippen molar-refractivity contribution in [1.29, 1.82) is 0 Å². The summed E-state index contributed by atoms with van der Waals surface area (Å²) in [7, 11) is 0. The third-order valence-electron chi connectivity index (χ3n) is 3.86. The van der Waals surface area contributed by atoms with Crippen molar-refractivity contribution in [3.8, 4) is 0 Å². The number of benzene rings is 1. The maximum Gasteiger partial charge on any atom is 0.313 e. The summed E-state index contributed by atoms with van der Waals surface area (Å²) >= 11 is 0. The number of nitrogens with one attached hydrogen (secondary N) is 2. The molecule has 0 aromatic heterocycles. The summed E-state index contributed by atoms with van der Waals surface area (Å²) in [5.41, 5.74) is 1.68. The minimum atomic E-state index is -0.730. The first-order valence-electron chi connectivity index (χ1n) is 7.87. The van der Waals surface area contributed by atoms with Crippen molar-refractivity contribution >= 4 is 17.5 Å². The van der Waals surface area contributed by atoms with E-state index in [0.717, 1.165) is 24.8 Å². The third-order valence-corrected chi connectivity index (χ3v) is 3.86. The van der Waals surface area contributed by atoms with Crippen LogP contribution in [-0.4, -0.2) is 29.6 Å². The number of hydrogen-bond donors (Lipinski definition) is 3. The van der Waals surface area contributed by atoms with Crippen LogP contribution >= 0.6 is 0 Å². The van der Waals surface area contributed by atoms with E-state index in [9.17, 15) is 14.7 Å². The van der Waals surface area contributed by atoms with Gasteiger partial charge in [-0.05, 0) is 30.0 Å². The van der Waals surface area contributed by atoms with Gasteiger partial charge in [0.15, 0.2) is 0 Å². The summed E-state index contributed by atoms with van der Waals surface area (Å²) in [6, 6.07) is 7.37. The molecule has 122 valence electrons. The van der Waals surface area contributed by atoms with Crippen LogP contribution in [0, 0.1) is 5.92 Å². The van der Waals surface area contributed by atoms with Crippen LogP contribution in [0.3, 0.4) is 0 Å². The Kier molecular flexibility index (Phi) is 7.60. The lowest BCUT2D eigenvalue weighted by atomic mass is 9.96. The van der Waals surface area contributed by atoms with E-state index in [-0.39, 0.29) is 12.5 Å². The molecule has 0 heterocycles. The van der Waals surface area contributed by atoms with Crippen molar-refractivity contribution in [2.24, 2.45) is 5.92 Å². The molecular formula is C17H26N2O3. The maximum absolute atomic E-state index is 11.8. The van der Waals surface area contributed by atoms with Gasteiger partial charge < -0.3 is 15.7 Å². The predicted octanol–water partition coefficient (Wildman–Crippen LogP) is 2.10. The van der Waals surface area contributed by atoms with E-state index in [1.54, 1.807) is 6.07 Å². The van der Waals surface area contributed by atoms with Crippen LogP contribution in [0.15, 0.2) is 24.3 Å². The fraction of sp³-hybridized carbons (Fsp3) is 0.529. The van der Waals surface area contributed by atoms with Gasteiger partial charge in [-0.2, -0.15) is 0 Å². The number of rotatable bonds is 7. The zero-order valence-corrected chi connectivity index (χ0v) is 13.6. The zero-order chi connectivity index (χ0) is 16.5. The molecule has 3 N–H and O–H groups in total. The number of anilines is 1. The molecule has 5 nitrogen and oxygen atoms in total. The van der Waals surface area contributed by atoms with Crippen LogP contribution < -0.4 is 10.6 Å². The number of carbonyl (C=O) groups excluding carboxylic acids is 2. The second kappa shape index (κ2) is 9.20. The van der Waals surface area contributed by atoms with Crippen LogP contribution in [-0.2, 0) is 16.0 Å². The van der Waals surface area contributed by atoms with Crippen LogP contribution in [0.2, 0.25) is 0 Å². The number of carbonyl (C=O) groups is 2. The van der Waals surface area contributed by atoms with Gasteiger partial charge in [0.2, 0.25) is 0 Å². The van der Waals surface area contributed by atoms with Gasteiger partial charge in [-0.1, -0.05) is 45.7 Å². The molecule has 0 radical (unpaired) electrons. The van der Waals surface area contributed by atoms with Gasteiger partial charge in [-0.15, -0.1) is 0 Å². The Hall–Kier alpha value is -1.88. The molecule has 0 aliphatic carbocycles. The number of aryl methyl sites for hydroxylation is 1. The average molecular weight is 306 g/mol. The highest BCUT2D eigenvalue weighted by Crippen LogP contribution is 2.12. The van der Waals surface area contributed by atoms with E-state index in [2.05, 4.69) is 10.6 Å². The Balaban J connectivity index is 2.49. The number of aliphatic hydroxyl groups excluding tert-OH is 1. The van der Waals surface area contributed by atoms with Gasteiger partial charge in [-0.25, -0.2) is 0 Å². The lowest BCUT2D eigenvalue weighted by Gasteiger charge is -2.20. The van der Waals surface area contributed by atoms with Crippen LogP contribution in [0.4, 0.5) is 5.69 Å². The van der Waals surface area contributed by atoms with Crippen LogP contribution in [0.5, 0.6) is 0 Å². The minimum absolute atomic E-state index is 0.0909. The molecule has 1 aromatic rings. The Morgan fingerprint density at radius 2 is 1.82 bits per heavy atom. The SMILES string of the molecule is CCc1cccc(NC(=O)C(=O)NCC(O)C(CC)CC)c1. The third kappa shape index (κ3) is 5.48. The molecule has 1 unspecified atom stereocenters. The monoisotopic (exact) mass is 306 g/mol. The van der Waals surface area contributed by atoms with Crippen molar-refractivity contribution in [3.05, 3.63) is 29.8 Å². The number of hydrogen-bond acceptors (Lipinski definition) is 3. The molecule has 1 rings (SSSR count). The van der Waals surface area contributed by atoms with Crippen molar-refractivity contribution in [3.63, 3.8) is 0 Å². The second-order valence-corrected chi connectivity index (χ2v) is 5.36. The topological polar surface area (TPSA) is 78.4 Å². The number of amides is 2. The van der Waals surface area contributed by atoms with E-state index >= 15 is 0 Å². The van der Waals surface area contributed by atoms with E-state index in [1.807, 2.05) is 39.0 Å². The summed E-state index contributed by atoms with van der Waals surface area (Å²) in [6.07, 6.45) is 1.90. The highest BCUT2D eigenvalue weighted by Gasteiger charge is 2.19. The fourth-order valence-corrected chi connectivity index (χ4v) is 2.33. The van der Waals surface area contributed by atoms with E-state index in [0.29, 0.717) is 5.69 Å². The number of aliphatic hydroxyl groups is 1. The lowest BCUT2D eigenvalue weighted by molar-refractivity contribution is -0.136. The Morgan fingerprint density at radius 3 is 2.41 bits per heavy atom. The Morgan fingerprint density at radius 1 is 1.14 bits per heavy atom. The summed E-state index contributed by atoms with van der Waals surface area (Å²) in [5.74, 6) is -1.32. The molecule has 0 aliphatic rings. The van der Waals surface area contributed by atoms with Gasteiger partial charge >= 0.3 is 11.8 Å². The molecule has 0 saturated heterocycles. The largest absolute Gasteiger partial charge is 0.391 e. The molecular weight excluding hydrogens is 280 g/mol. The maximum atomic E-state index is 11.8. The van der Waals surface area contributed by atoms with Crippen LogP contribution in [0.25, 0.3) is 0 Å². The van der Waals surface area contributed by atoms with Gasteiger partial charge in [0.05, 0.1) is 6.10 Å². The summed E-state index contributed by atoms with van der Waals surface area (Å²) in [6.45, 7) is 6.10. The van der Waals surface area contributed by atoms with E-state index in [4.69, 9.17) is 0 Å². The smallest absolute Gasteiger partial charge is 0.313 e. The van der Waals surface area contributed by atoms with Crippen molar-refractivity contribution in [2.75, 3.05) is 11.9 Å². The van der Waals surface area contributed by atoms with Gasteiger partial charge in [0.25, 0.3) is 0 Å².